The molecule has 2 heterocycles. The first-order valence-corrected chi connectivity index (χ1v) is 17.0. The van der Waals surface area contributed by atoms with Crippen LogP contribution in [0.5, 0.6) is 23.0 Å². The molecule has 0 saturated carbocycles. The number of ether oxygens (including phenoxy) is 5. The molecule has 266 valence electrons. The van der Waals surface area contributed by atoms with Gasteiger partial charge in [-0.25, -0.2) is 0 Å². The number of likely N-dealkylation sites (tertiary alicyclic amines) is 1. The van der Waals surface area contributed by atoms with Gasteiger partial charge >= 0.3 is 0 Å². The van der Waals surface area contributed by atoms with E-state index >= 15 is 0 Å². The number of pyridine rings is 1. The number of rotatable bonds is 15. The summed E-state index contributed by atoms with van der Waals surface area (Å²) >= 11 is 0. The van der Waals surface area contributed by atoms with E-state index in [1.165, 1.54) is 0 Å². The molecule has 1 aliphatic rings. The Morgan fingerprint density at radius 1 is 0.885 bits per heavy atom. The van der Waals surface area contributed by atoms with Crippen LogP contribution in [-0.2, 0) is 9.53 Å². The average Bonchev–Trinajstić information content (AvgIpc) is 3.64. The molecule has 52 heavy (non-hydrogen) atoms. The van der Waals surface area contributed by atoms with Gasteiger partial charge in [0.2, 0.25) is 6.41 Å². The maximum Gasteiger partial charge on any atom is 0.210 e. The Kier molecular flexibility index (Phi) is 11.6. The molecule has 4 aromatic carbocycles. The second-order valence-corrected chi connectivity index (χ2v) is 12.3. The van der Waals surface area contributed by atoms with Crippen molar-refractivity contribution in [2.75, 3.05) is 34.4 Å². The summed E-state index contributed by atoms with van der Waals surface area (Å²) < 4.78 is 28.4. The van der Waals surface area contributed by atoms with Crippen molar-refractivity contribution in [3.05, 3.63) is 113 Å². The van der Waals surface area contributed by atoms with Gasteiger partial charge in [0.25, 0.3) is 0 Å². The molecule has 1 saturated heterocycles. The number of para-hydroxylation sites is 1. The van der Waals surface area contributed by atoms with Crippen molar-refractivity contribution >= 4 is 41.1 Å². The van der Waals surface area contributed by atoms with Crippen LogP contribution in [0.2, 0.25) is 0 Å². The Bertz CT molecular complexity index is 2110. The molecule has 1 fully saturated rings. The van der Waals surface area contributed by atoms with E-state index in [0.29, 0.717) is 39.9 Å². The van der Waals surface area contributed by atoms with Crippen molar-refractivity contribution in [3.63, 3.8) is 0 Å². The number of hydrogen-bond donors (Lipinski definition) is 0. The van der Waals surface area contributed by atoms with Crippen molar-refractivity contribution in [1.82, 2.24) is 9.88 Å². The highest BCUT2D eigenvalue weighted by Crippen LogP contribution is 2.36. The first-order chi connectivity index (χ1) is 25.4. The lowest BCUT2D eigenvalue weighted by Crippen LogP contribution is -2.28. The van der Waals surface area contributed by atoms with Crippen LogP contribution < -0.4 is 18.9 Å². The molecule has 0 aliphatic carbocycles. The predicted octanol–water partition coefficient (Wildman–Crippen LogP) is 8.14. The minimum Gasteiger partial charge on any atom is -0.493 e. The van der Waals surface area contributed by atoms with Gasteiger partial charge in [0.15, 0.2) is 42.4 Å². The fraction of sp³-hybridized carbons (Fsp3) is 0.238. The maximum absolute atomic E-state index is 13.8. The van der Waals surface area contributed by atoms with Crippen molar-refractivity contribution in [3.8, 4) is 34.1 Å². The summed E-state index contributed by atoms with van der Waals surface area (Å²) in [6.07, 6.45) is 7.84. The summed E-state index contributed by atoms with van der Waals surface area (Å²) in [5, 5.41) is 0.923. The molecule has 1 aliphatic heterocycles. The Labute approximate surface area is 303 Å². The monoisotopic (exact) mass is 699 g/mol. The molecule has 10 heteroatoms. The third kappa shape index (κ3) is 8.14. The Hall–Kier alpha value is -6.00. The number of aryl methyl sites for hydroxylation is 2. The summed E-state index contributed by atoms with van der Waals surface area (Å²) in [6.45, 7) is 4.33. The van der Waals surface area contributed by atoms with Crippen LogP contribution in [0.3, 0.4) is 0 Å². The number of carbonyl (C=O) groups is 2. The minimum atomic E-state index is -0.148. The van der Waals surface area contributed by atoms with Gasteiger partial charge in [-0.15, -0.1) is 0 Å². The predicted molar refractivity (Wildman–Crippen MR) is 202 cm³/mol. The number of fused-ring (bicyclic) bond motifs is 1. The number of hydrogen-bond acceptors (Lipinski definition) is 9. The number of benzene rings is 4. The number of carbonyl (C=O) groups excluding carboxylic acids is 2. The van der Waals surface area contributed by atoms with Crippen LogP contribution in [0, 0.1) is 13.8 Å². The summed E-state index contributed by atoms with van der Waals surface area (Å²) in [5.41, 5.74) is 6.27. The third-order valence-electron chi connectivity index (χ3n) is 8.94. The van der Waals surface area contributed by atoms with Gasteiger partial charge in [-0.2, -0.15) is 0 Å². The van der Waals surface area contributed by atoms with Crippen LogP contribution >= 0.6 is 0 Å². The van der Waals surface area contributed by atoms with Gasteiger partial charge in [0, 0.05) is 35.5 Å². The highest BCUT2D eigenvalue weighted by molar-refractivity contribution is 6.16. The Morgan fingerprint density at radius 3 is 2.38 bits per heavy atom. The lowest BCUT2D eigenvalue weighted by Gasteiger charge is -2.16. The van der Waals surface area contributed by atoms with Crippen LogP contribution in [0.1, 0.15) is 40.0 Å². The van der Waals surface area contributed by atoms with Gasteiger partial charge in [-0.05, 0) is 73.7 Å². The standard InChI is InChI=1S/C42H41N3O7/c1-28-21-38(48-3)40(23-35(28)43-24-32-13-10-20-45(32)25-46)52-27-50-26-51-37-19-17-30(22-39(37)49-4)16-18-36(47)41-29(2)44-34-15-9-8-14-33(34)42(41)31-11-6-5-7-12-31/h5-9,11-12,14-19,21-25,32H,10,13,20,26-27H2,1-4H3/b18-16+,43-24?. The number of aromatic nitrogens is 1. The van der Waals surface area contributed by atoms with E-state index in [2.05, 4.69) is 4.99 Å². The van der Waals surface area contributed by atoms with E-state index in [1.54, 1.807) is 49.5 Å². The van der Waals surface area contributed by atoms with Gasteiger partial charge in [0.05, 0.1) is 37.0 Å². The molecule has 10 nitrogen and oxygen atoms in total. The minimum absolute atomic E-state index is 0.0150. The molecule has 0 spiro atoms. The molecule has 0 bridgehead atoms. The van der Waals surface area contributed by atoms with E-state index < -0.39 is 0 Å². The van der Waals surface area contributed by atoms with Gasteiger partial charge in [0.1, 0.15) is 0 Å². The zero-order valence-corrected chi connectivity index (χ0v) is 29.7. The number of aliphatic imine (C=N–C) groups is 1. The summed E-state index contributed by atoms with van der Waals surface area (Å²) in [4.78, 5) is 36.2. The largest absolute Gasteiger partial charge is 0.493 e. The number of amides is 1. The normalized spacial score (nSPS) is 14.3. The fourth-order valence-electron chi connectivity index (χ4n) is 6.28. The number of methoxy groups -OCH3 is 2. The molecule has 1 atom stereocenters. The van der Waals surface area contributed by atoms with Gasteiger partial charge < -0.3 is 28.6 Å². The Balaban J connectivity index is 1.09. The van der Waals surface area contributed by atoms with Crippen molar-refractivity contribution < 1.29 is 33.3 Å². The van der Waals surface area contributed by atoms with Gasteiger partial charge in [-0.1, -0.05) is 60.7 Å². The molecule has 1 unspecified atom stereocenters. The highest BCUT2D eigenvalue weighted by atomic mass is 16.7. The average molecular weight is 700 g/mol. The summed E-state index contributed by atoms with van der Waals surface area (Å²) in [7, 11) is 3.12. The SMILES string of the molecule is COc1cc(/C=C/C(=O)c2c(C)nc3ccccc3c2-c2ccccc2)ccc1OCOCOc1cc(N=CC2CCCN2C=O)c(C)cc1OC. The molecular weight excluding hydrogens is 658 g/mol. The second kappa shape index (κ2) is 16.8. The molecule has 1 aromatic heterocycles. The fourth-order valence-corrected chi connectivity index (χ4v) is 6.28. The zero-order chi connectivity index (χ0) is 36.5. The van der Waals surface area contributed by atoms with Crippen LogP contribution in [0.15, 0.2) is 96.0 Å². The molecule has 0 radical (unpaired) electrons. The molecule has 5 aromatic rings. The van der Waals surface area contributed by atoms with E-state index in [-0.39, 0.29) is 25.4 Å². The second-order valence-electron chi connectivity index (χ2n) is 12.3. The molecule has 6 rings (SSSR count). The quantitative estimate of drug-likeness (QED) is 0.0269. The van der Waals surface area contributed by atoms with Crippen molar-refractivity contribution in [1.29, 1.82) is 0 Å². The van der Waals surface area contributed by atoms with E-state index in [9.17, 15) is 9.59 Å². The van der Waals surface area contributed by atoms with Crippen molar-refractivity contribution in [2.45, 2.75) is 32.7 Å². The van der Waals surface area contributed by atoms with Crippen LogP contribution in [0.25, 0.3) is 28.1 Å². The first kappa shape index (κ1) is 35.8. The van der Waals surface area contributed by atoms with E-state index in [1.807, 2.05) is 86.8 Å². The van der Waals surface area contributed by atoms with E-state index in [4.69, 9.17) is 28.7 Å². The molecule has 1 amide bonds. The lowest BCUT2D eigenvalue weighted by molar-refractivity contribution is -0.117. The third-order valence-corrected chi connectivity index (χ3v) is 8.94. The summed E-state index contributed by atoms with van der Waals surface area (Å²) in [6, 6.07) is 26.8. The first-order valence-electron chi connectivity index (χ1n) is 17.0. The zero-order valence-electron chi connectivity index (χ0n) is 29.7. The molecular formula is C42H41N3O7. The summed E-state index contributed by atoms with van der Waals surface area (Å²) in [5.74, 6) is 1.81. The highest BCUT2D eigenvalue weighted by Gasteiger charge is 2.21. The maximum atomic E-state index is 13.8. The van der Waals surface area contributed by atoms with Gasteiger partial charge in [-0.3, -0.25) is 19.6 Å². The number of allylic oxidation sites excluding steroid dienone is 1. The smallest absolute Gasteiger partial charge is 0.210 e. The lowest BCUT2D eigenvalue weighted by atomic mass is 9.92. The number of ketones is 1. The van der Waals surface area contributed by atoms with E-state index in [0.717, 1.165) is 59.0 Å². The molecule has 0 N–H and O–H groups in total. The Morgan fingerprint density at radius 2 is 1.62 bits per heavy atom. The topological polar surface area (TPSA) is 109 Å². The van der Waals surface area contributed by atoms with Crippen molar-refractivity contribution in [2.24, 2.45) is 4.99 Å². The number of nitrogens with zero attached hydrogens (tertiary/aromatic N) is 3. The van der Waals surface area contributed by atoms with Crippen LogP contribution in [-0.4, -0.2) is 68.7 Å². The van der Waals surface area contributed by atoms with Crippen LogP contribution in [0.4, 0.5) is 5.69 Å².